The second-order valence-corrected chi connectivity index (χ2v) is 5.17. The van der Waals surface area contributed by atoms with Gasteiger partial charge in [0.25, 0.3) is 0 Å². The Hall–Kier alpha value is -1.06. The van der Waals surface area contributed by atoms with Crippen LogP contribution in [0, 0.1) is 10.8 Å². The summed E-state index contributed by atoms with van der Waals surface area (Å²) in [6.07, 6.45) is -1.33. The first-order chi connectivity index (χ1) is 5.89. The van der Waals surface area contributed by atoms with E-state index in [-0.39, 0.29) is 10.8 Å². The largest absolute Gasteiger partial charge is 0.465 e. The predicted octanol–water partition coefficient (Wildman–Crippen LogP) is 2.27. The van der Waals surface area contributed by atoms with Crippen molar-refractivity contribution in [3.63, 3.8) is 0 Å². The van der Waals surface area contributed by atoms with E-state index in [1.54, 1.807) is 0 Å². The maximum Gasteiger partial charge on any atom is 0.402 e. The highest BCUT2D eigenvalue weighted by atomic mass is 16.4. The lowest BCUT2D eigenvalue weighted by Crippen LogP contribution is -2.32. The van der Waals surface area contributed by atoms with Crippen LogP contribution in [0.2, 0.25) is 0 Å². The van der Waals surface area contributed by atoms with Crippen molar-refractivity contribution in [2.45, 2.75) is 41.5 Å². The monoisotopic (exact) mass is 203 g/mol. The molecule has 14 heavy (non-hydrogen) atoms. The van der Waals surface area contributed by atoms with Crippen molar-refractivity contribution >= 4 is 11.9 Å². The predicted molar refractivity (Wildman–Crippen MR) is 56.1 cm³/mol. The van der Waals surface area contributed by atoms with Gasteiger partial charge in [0.2, 0.25) is 0 Å². The summed E-state index contributed by atoms with van der Waals surface area (Å²) in [5, 5.41) is 7.19. The topological polar surface area (TPSA) is 80.4 Å². The molecule has 0 aromatic rings. The average Bonchev–Trinajstić information content (AvgIpc) is 1.80. The van der Waals surface area contributed by atoms with Gasteiger partial charge in [0.15, 0.2) is 0 Å². The lowest BCUT2D eigenvalue weighted by atomic mass is 9.76. The van der Waals surface area contributed by atoms with E-state index in [2.05, 4.69) is 5.73 Å². The zero-order valence-corrected chi connectivity index (χ0v) is 9.84. The number of Topliss-reactive ketones (excluding diaryl/α,β-unsaturated/α-hetero) is 1. The van der Waals surface area contributed by atoms with E-state index in [1.807, 2.05) is 41.5 Å². The van der Waals surface area contributed by atoms with Gasteiger partial charge in [0, 0.05) is 10.8 Å². The summed E-state index contributed by atoms with van der Waals surface area (Å²) < 4.78 is 0. The summed E-state index contributed by atoms with van der Waals surface area (Å²) in [5.41, 5.74) is 3.64. The van der Waals surface area contributed by atoms with Crippen LogP contribution < -0.4 is 5.73 Å². The fourth-order valence-electron chi connectivity index (χ4n) is 1.12. The highest BCUT2D eigenvalue weighted by molar-refractivity contribution is 5.88. The van der Waals surface area contributed by atoms with Crippen molar-refractivity contribution in [1.29, 1.82) is 0 Å². The number of ketones is 1. The van der Waals surface area contributed by atoms with Gasteiger partial charge in [-0.1, -0.05) is 41.5 Å². The van der Waals surface area contributed by atoms with Gasteiger partial charge in [-0.25, -0.2) is 4.79 Å². The molecule has 0 saturated carbocycles. The third-order valence-corrected chi connectivity index (χ3v) is 1.36. The minimum Gasteiger partial charge on any atom is -0.465 e. The van der Waals surface area contributed by atoms with E-state index < -0.39 is 6.09 Å². The average molecular weight is 203 g/mol. The number of rotatable bonds is 0. The van der Waals surface area contributed by atoms with Crippen LogP contribution in [-0.4, -0.2) is 17.0 Å². The molecular weight excluding hydrogens is 182 g/mol. The van der Waals surface area contributed by atoms with Crippen molar-refractivity contribution < 1.29 is 14.7 Å². The number of nitrogens with two attached hydrogens (primary N) is 1. The molecule has 0 unspecified atom stereocenters. The van der Waals surface area contributed by atoms with Gasteiger partial charge in [-0.05, 0) is 0 Å². The van der Waals surface area contributed by atoms with E-state index >= 15 is 0 Å². The van der Waals surface area contributed by atoms with Gasteiger partial charge in [-0.3, -0.25) is 4.79 Å². The molecule has 0 aliphatic heterocycles. The first kappa shape index (κ1) is 15.4. The van der Waals surface area contributed by atoms with Crippen LogP contribution in [0.3, 0.4) is 0 Å². The number of carbonyl (C=O) groups is 2. The quantitative estimate of drug-likeness (QED) is 0.633. The SMILES string of the molecule is CC(C)(C)C(=O)C(C)(C)C.NC(=O)O. The summed E-state index contributed by atoms with van der Waals surface area (Å²) in [5.74, 6) is 0.319. The third-order valence-electron chi connectivity index (χ3n) is 1.36. The zero-order chi connectivity index (χ0) is 12.2. The highest BCUT2D eigenvalue weighted by Gasteiger charge is 2.31. The molecule has 0 radical (unpaired) electrons. The third kappa shape index (κ3) is 9.03. The molecule has 0 aromatic carbocycles. The molecule has 0 bridgehead atoms. The van der Waals surface area contributed by atoms with Crippen LogP contribution in [0.25, 0.3) is 0 Å². The van der Waals surface area contributed by atoms with Crippen molar-refractivity contribution in [2.24, 2.45) is 16.6 Å². The normalized spacial score (nSPS) is 11.3. The van der Waals surface area contributed by atoms with Crippen LogP contribution in [-0.2, 0) is 4.79 Å². The Labute approximate surface area is 85.5 Å². The Balaban J connectivity index is 0. The van der Waals surface area contributed by atoms with Crippen LogP contribution in [0.5, 0.6) is 0 Å². The van der Waals surface area contributed by atoms with E-state index in [1.165, 1.54) is 0 Å². The highest BCUT2D eigenvalue weighted by Crippen LogP contribution is 2.27. The Morgan fingerprint density at radius 2 is 1.07 bits per heavy atom. The Kier molecular flexibility index (Phi) is 5.48. The summed E-state index contributed by atoms with van der Waals surface area (Å²) in [7, 11) is 0. The lowest BCUT2D eigenvalue weighted by molar-refractivity contribution is -0.134. The summed E-state index contributed by atoms with van der Waals surface area (Å²) >= 11 is 0. The lowest BCUT2D eigenvalue weighted by Gasteiger charge is -2.26. The maximum atomic E-state index is 11.5. The molecular formula is C10H21NO3. The van der Waals surface area contributed by atoms with Crippen molar-refractivity contribution in [3.05, 3.63) is 0 Å². The number of primary amides is 1. The maximum absolute atomic E-state index is 11.5. The molecule has 0 heterocycles. The zero-order valence-electron chi connectivity index (χ0n) is 9.84. The summed E-state index contributed by atoms with van der Waals surface area (Å²) in [6.45, 7) is 11.8. The Bertz CT molecular complexity index is 188. The fourth-order valence-corrected chi connectivity index (χ4v) is 1.12. The molecule has 1 amide bonds. The molecule has 0 saturated heterocycles. The van der Waals surface area contributed by atoms with E-state index in [4.69, 9.17) is 9.90 Å². The minimum atomic E-state index is -1.33. The standard InChI is InChI=1S/C9H18O.CH3NO2/c1-8(2,3)7(10)9(4,5)6;2-1(3)4/h1-6H3;2H2,(H,3,4). The van der Waals surface area contributed by atoms with Crippen LogP contribution in [0.15, 0.2) is 0 Å². The van der Waals surface area contributed by atoms with Crippen LogP contribution >= 0.6 is 0 Å². The number of hydrogen-bond acceptors (Lipinski definition) is 2. The number of hydrogen-bond donors (Lipinski definition) is 2. The molecule has 4 nitrogen and oxygen atoms in total. The summed E-state index contributed by atoms with van der Waals surface area (Å²) in [4.78, 5) is 20.3. The van der Waals surface area contributed by atoms with Crippen molar-refractivity contribution in [2.75, 3.05) is 0 Å². The number of carbonyl (C=O) groups excluding carboxylic acids is 1. The fraction of sp³-hybridized carbons (Fsp3) is 0.800. The first-order valence-corrected chi connectivity index (χ1v) is 4.42. The van der Waals surface area contributed by atoms with Gasteiger partial charge in [0.1, 0.15) is 5.78 Å². The van der Waals surface area contributed by atoms with Crippen molar-refractivity contribution in [1.82, 2.24) is 0 Å². The second-order valence-electron chi connectivity index (χ2n) is 5.17. The molecule has 0 aliphatic carbocycles. The van der Waals surface area contributed by atoms with Gasteiger partial charge in [-0.15, -0.1) is 0 Å². The van der Waals surface area contributed by atoms with Gasteiger partial charge in [-0.2, -0.15) is 0 Å². The minimum absolute atomic E-state index is 0.196. The Morgan fingerprint density at radius 3 is 1.07 bits per heavy atom. The number of amides is 1. The molecule has 0 aliphatic rings. The van der Waals surface area contributed by atoms with E-state index in [9.17, 15) is 4.79 Å². The number of carboxylic acid groups (broad SMARTS) is 1. The Morgan fingerprint density at radius 1 is 0.929 bits per heavy atom. The molecule has 0 rings (SSSR count). The first-order valence-electron chi connectivity index (χ1n) is 4.42. The van der Waals surface area contributed by atoms with E-state index in [0.29, 0.717) is 5.78 Å². The smallest absolute Gasteiger partial charge is 0.402 e. The molecule has 3 N–H and O–H groups in total. The van der Waals surface area contributed by atoms with Crippen LogP contribution in [0.1, 0.15) is 41.5 Å². The van der Waals surface area contributed by atoms with E-state index in [0.717, 1.165) is 0 Å². The van der Waals surface area contributed by atoms with Crippen molar-refractivity contribution in [3.8, 4) is 0 Å². The molecule has 0 aromatic heterocycles. The molecule has 4 heteroatoms. The molecule has 84 valence electrons. The van der Waals surface area contributed by atoms with Crippen LogP contribution in [0.4, 0.5) is 4.79 Å². The van der Waals surface area contributed by atoms with Gasteiger partial charge in [0.05, 0.1) is 0 Å². The second kappa shape index (κ2) is 4.98. The van der Waals surface area contributed by atoms with Gasteiger partial charge < -0.3 is 10.8 Å². The summed E-state index contributed by atoms with van der Waals surface area (Å²) in [6, 6.07) is 0. The molecule has 0 fully saturated rings. The molecule has 0 atom stereocenters. The molecule has 0 spiro atoms. The van der Waals surface area contributed by atoms with Gasteiger partial charge >= 0.3 is 6.09 Å².